The monoisotopic (exact) mass is 277 g/mol. The normalized spacial score (nSPS) is 12.8. The molecule has 1 rings (SSSR count). The van der Waals surface area contributed by atoms with Gasteiger partial charge in [0.2, 0.25) is 0 Å². The van der Waals surface area contributed by atoms with E-state index in [2.05, 4.69) is 43.6 Å². The second-order valence-corrected chi connectivity index (χ2v) is 5.96. The van der Waals surface area contributed by atoms with Crippen molar-refractivity contribution in [1.29, 1.82) is 0 Å². The molecule has 2 amide bonds. The molecule has 1 aromatic rings. The molecule has 0 spiro atoms. The third kappa shape index (κ3) is 5.21. The number of anilines is 1. The molecule has 4 nitrogen and oxygen atoms in total. The fourth-order valence-corrected chi connectivity index (χ4v) is 1.67. The zero-order valence-corrected chi connectivity index (χ0v) is 13.2. The van der Waals surface area contributed by atoms with Crippen molar-refractivity contribution in [3.63, 3.8) is 0 Å². The summed E-state index contributed by atoms with van der Waals surface area (Å²) < 4.78 is 0. The van der Waals surface area contributed by atoms with Gasteiger partial charge in [-0.15, -0.1) is 0 Å². The van der Waals surface area contributed by atoms with E-state index in [0.717, 1.165) is 17.7 Å². The summed E-state index contributed by atoms with van der Waals surface area (Å²) in [6.45, 7) is 9.16. The molecular weight excluding hydrogens is 250 g/mol. The van der Waals surface area contributed by atoms with Crippen molar-refractivity contribution in [3.05, 3.63) is 29.8 Å². The first-order valence-electron chi connectivity index (χ1n) is 7.20. The molecule has 1 aromatic carbocycles. The van der Waals surface area contributed by atoms with Gasteiger partial charge in [0.25, 0.3) is 0 Å². The van der Waals surface area contributed by atoms with Crippen molar-refractivity contribution >= 4 is 11.7 Å². The molecular formula is C16H27N3O. The first-order chi connectivity index (χ1) is 9.38. The average Bonchev–Trinajstić information content (AvgIpc) is 2.44. The summed E-state index contributed by atoms with van der Waals surface area (Å²) in [6.07, 6.45) is 1.03. The summed E-state index contributed by atoms with van der Waals surface area (Å²) in [5, 5.41) is 8.99. The maximum Gasteiger partial charge on any atom is 0.319 e. The molecule has 0 saturated carbocycles. The Morgan fingerprint density at radius 2 is 2.05 bits per heavy atom. The first kappa shape index (κ1) is 16.5. The lowest BCUT2D eigenvalue weighted by atomic mass is 9.90. The summed E-state index contributed by atoms with van der Waals surface area (Å²) in [5.74, 6) is 0. The predicted octanol–water partition coefficient (Wildman–Crippen LogP) is 3.52. The van der Waals surface area contributed by atoms with Crippen LogP contribution in [0.1, 0.15) is 45.7 Å². The Morgan fingerprint density at radius 3 is 2.65 bits per heavy atom. The van der Waals surface area contributed by atoms with E-state index < -0.39 is 0 Å². The highest BCUT2D eigenvalue weighted by atomic mass is 16.2. The van der Waals surface area contributed by atoms with Crippen molar-refractivity contribution in [1.82, 2.24) is 10.6 Å². The maximum absolute atomic E-state index is 11.9. The number of carbonyl (C=O) groups excluding carboxylic acids is 1. The van der Waals surface area contributed by atoms with E-state index in [1.807, 2.05) is 31.3 Å². The van der Waals surface area contributed by atoms with Gasteiger partial charge < -0.3 is 16.0 Å². The first-order valence-corrected chi connectivity index (χ1v) is 7.20. The number of amides is 2. The smallest absolute Gasteiger partial charge is 0.319 e. The Hall–Kier alpha value is -1.55. The minimum absolute atomic E-state index is 0.125. The fourth-order valence-electron chi connectivity index (χ4n) is 1.67. The van der Waals surface area contributed by atoms with Crippen molar-refractivity contribution in [2.24, 2.45) is 5.41 Å². The second-order valence-electron chi connectivity index (χ2n) is 5.96. The van der Waals surface area contributed by atoms with Gasteiger partial charge in [-0.25, -0.2) is 4.79 Å². The van der Waals surface area contributed by atoms with E-state index in [1.165, 1.54) is 0 Å². The molecule has 0 aromatic heterocycles. The highest BCUT2D eigenvalue weighted by Gasteiger charge is 2.16. The average molecular weight is 277 g/mol. The maximum atomic E-state index is 11.9. The van der Waals surface area contributed by atoms with Gasteiger partial charge in [0, 0.05) is 18.3 Å². The number of hydrogen-bond donors (Lipinski definition) is 3. The lowest BCUT2D eigenvalue weighted by molar-refractivity contribution is 0.244. The summed E-state index contributed by atoms with van der Waals surface area (Å²) in [4.78, 5) is 11.9. The summed E-state index contributed by atoms with van der Waals surface area (Å²) in [6, 6.07) is 8.00. The van der Waals surface area contributed by atoms with Crippen LogP contribution >= 0.6 is 0 Å². The van der Waals surface area contributed by atoms with E-state index in [1.54, 1.807) is 0 Å². The second kappa shape index (κ2) is 7.29. The molecule has 0 fully saturated rings. The minimum Gasteiger partial charge on any atom is -0.337 e. The zero-order chi connectivity index (χ0) is 15.2. The molecule has 1 unspecified atom stereocenters. The van der Waals surface area contributed by atoms with Gasteiger partial charge in [-0.3, -0.25) is 0 Å². The molecule has 20 heavy (non-hydrogen) atoms. The van der Waals surface area contributed by atoms with Crippen LogP contribution < -0.4 is 16.0 Å². The van der Waals surface area contributed by atoms with Crippen molar-refractivity contribution in [2.75, 3.05) is 18.9 Å². The van der Waals surface area contributed by atoms with Gasteiger partial charge in [-0.05, 0) is 43.5 Å². The third-order valence-electron chi connectivity index (χ3n) is 3.76. The number of hydrogen-bond acceptors (Lipinski definition) is 2. The molecule has 0 bridgehead atoms. The van der Waals surface area contributed by atoms with Gasteiger partial charge in [-0.2, -0.15) is 0 Å². The molecule has 1 atom stereocenters. The lowest BCUT2D eigenvalue weighted by Crippen LogP contribution is -2.36. The highest BCUT2D eigenvalue weighted by Crippen LogP contribution is 2.19. The van der Waals surface area contributed by atoms with Gasteiger partial charge >= 0.3 is 6.03 Å². The van der Waals surface area contributed by atoms with Crippen molar-refractivity contribution in [3.8, 4) is 0 Å². The Bertz CT molecular complexity index is 443. The van der Waals surface area contributed by atoms with Crippen molar-refractivity contribution in [2.45, 2.75) is 40.2 Å². The van der Waals surface area contributed by atoms with E-state index in [-0.39, 0.29) is 17.5 Å². The quantitative estimate of drug-likeness (QED) is 0.745. The molecule has 0 saturated heterocycles. The van der Waals surface area contributed by atoms with E-state index in [9.17, 15) is 4.79 Å². The van der Waals surface area contributed by atoms with Crippen LogP contribution in [-0.2, 0) is 0 Å². The standard InChI is InChI=1S/C16H27N3O/c1-6-16(3,4)11-18-15(20)19-14-9-7-8-13(10-14)12(2)17-5/h7-10,12,17H,6,11H2,1-5H3,(H2,18,19,20). The molecule has 3 N–H and O–H groups in total. The SMILES string of the molecule is CCC(C)(C)CNC(=O)Nc1cccc(C(C)NC)c1. The summed E-state index contributed by atoms with van der Waals surface area (Å²) in [5.41, 5.74) is 2.09. The molecule has 0 heterocycles. The van der Waals surface area contributed by atoms with Gasteiger partial charge in [0.05, 0.1) is 0 Å². The Balaban J connectivity index is 2.58. The Morgan fingerprint density at radius 1 is 1.35 bits per heavy atom. The predicted molar refractivity (Wildman–Crippen MR) is 85.0 cm³/mol. The summed E-state index contributed by atoms with van der Waals surface area (Å²) in [7, 11) is 1.92. The topological polar surface area (TPSA) is 53.2 Å². The van der Waals surface area contributed by atoms with E-state index in [0.29, 0.717) is 6.54 Å². The fraction of sp³-hybridized carbons (Fsp3) is 0.562. The van der Waals surface area contributed by atoms with Crippen LogP contribution in [0.2, 0.25) is 0 Å². The van der Waals surface area contributed by atoms with Crippen LogP contribution in [0, 0.1) is 5.41 Å². The third-order valence-corrected chi connectivity index (χ3v) is 3.76. The Labute approximate surface area is 122 Å². The number of benzene rings is 1. The molecule has 0 aliphatic carbocycles. The number of nitrogens with one attached hydrogen (secondary N) is 3. The van der Waals surface area contributed by atoms with Crippen molar-refractivity contribution < 1.29 is 4.79 Å². The van der Waals surface area contributed by atoms with Gasteiger partial charge in [0.1, 0.15) is 0 Å². The highest BCUT2D eigenvalue weighted by molar-refractivity contribution is 5.89. The number of rotatable bonds is 6. The minimum atomic E-state index is -0.152. The largest absolute Gasteiger partial charge is 0.337 e. The van der Waals surface area contributed by atoms with Gasteiger partial charge in [0.15, 0.2) is 0 Å². The number of carbonyl (C=O) groups is 1. The van der Waals surface area contributed by atoms with Crippen LogP contribution in [0.25, 0.3) is 0 Å². The molecule has 4 heteroatoms. The van der Waals surface area contributed by atoms with Crippen LogP contribution in [0.15, 0.2) is 24.3 Å². The van der Waals surface area contributed by atoms with E-state index >= 15 is 0 Å². The molecule has 112 valence electrons. The number of urea groups is 1. The van der Waals surface area contributed by atoms with Gasteiger partial charge in [-0.1, -0.05) is 32.9 Å². The van der Waals surface area contributed by atoms with Crippen LogP contribution in [0.4, 0.5) is 10.5 Å². The van der Waals surface area contributed by atoms with Crippen LogP contribution in [0.3, 0.4) is 0 Å². The zero-order valence-electron chi connectivity index (χ0n) is 13.2. The molecule has 0 aliphatic heterocycles. The van der Waals surface area contributed by atoms with Crippen LogP contribution in [-0.4, -0.2) is 19.6 Å². The Kier molecular flexibility index (Phi) is 6.02. The summed E-state index contributed by atoms with van der Waals surface area (Å²) >= 11 is 0. The lowest BCUT2D eigenvalue weighted by Gasteiger charge is -2.23. The van der Waals surface area contributed by atoms with E-state index in [4.69, 9.17) is 0 Å². The van der Waals surface area contributed by atoms with Crippen LogP contribution in [0.5, 0.6) is 0 Å². The molecule has 0 aliphatic rings. The molecule has 0 radical (unpaired) electrons.